The second kappa shape index (κ2) is 12.3. The number of aromatic nitrogens is 3. The maximum atomic E-state index is 14.9. The van der Waals surface area contributed by atoms with Gasteiger partial charge in [-0.15, -0.1) is 0 Å². The molecular formula is C35H35F2N5O4. The van der Waals surface area contributed by atoms with Gasteiger partial charge in [0.2, 0.25) is 11.8 Å². The fourth-order valence-corrected chi connectivity index (χ4v) is 5.89. The van der Waals surface area contributed by atoms with E-state index >= 15 is 0 Å². The molecule has 1 fully saturated rings. The molecule has 1 saturated heterocycles. The maximum Gasteiger partial charge on any atom is 0.232 e. The van der Waals surface area contributed by atoms with Crippen molar-refractivity contribution in [3.8, 4) is 28.8 Å². The van der Waals surface area contributed by atoms with Gasteiger partial charge in [0, 0.05) is 36.6 Å². The smallest absolute Gasteiger partial charge is 0.232 e. The minimum Gasteiger partial charge on any atom is -0.497 e. The zero-order chi connectivity index (χ0) is 32.6. The number of nitrogens with zero attached hydrogens (tertiary/aromatic N) is 4. The molecule has 3 heterocycles. The largest absolute Gasteiger partial charge is 0.497 e. The highest BCUT2D eigenvalue weighted by Crippen LogP contribution is 2.38. The normalized spacial score (nSPS) is 13.3. The predicted octanol–water partition coefficient (Wildman–Crippen LogP) is 6.79. The van der Waals surface area contributed by atoms with Crippen molar-refractivity contribution in [3.05, 3.63) is 89.6 Å². The van der Waals surface area contributed by atoms with Crippen molar-refractivity contribution in [3.63, 3.8) is 0 Å². The fraction of sp³-hybridized carbons (Fsp3) is 0.286. The summed E-state index contributed by atoms with van der Waals surface area (Å²) in [6, 6.07) is 16.3. The summed E-state index contributed by atoms with van der Waals surface area (Å²) >= 11 is 0. The summed E-state index contributed by atoms with van der Waals surface area (Å²) in [5, 5.41) is 14.9. The molecule has 46 heavy (non-hydrogen) atoms. The first kappa shape index (κ1) is 30.8. The first-order valence-corrected chi connectivity index (χ1v) is 15.0. The Bertz CT molecular complexity index is 1900. The molecule has 6 rings (SSSR count). The van der Waals surface area contributed by atoms with Crippen LogP contribution in [0.5, 0.6) is 17.4 Å². The number of aromatic hydroxyl groups is 1. The van der Waals surface area contributed by atoms with Crippen molar-refractivity contribution in [2.75, 3.05) is 32.6 Å². The van der Waals surface area contributed by atoms with Gasteiger partial charge in [-0.3, -0.25) is 4.79 Å². The molecule has 0 spiro atoms. The van der Waals surface area contributed by atoms with Crippen molar-refractivity contribution >= 4 is 28.3 Å². The number of halogens is 2. The van der Waals surface area contributed by atoms with Crippen molar-refractivity contribution in [2.45, 2.75) is 38.6 Å². The minimum absolute atomic E-state index is 0.0829. The van der Waals surface area contributed by atoms with Gasteiger partial charge < -0.3 is 29.4 Å². The molecule has 0 aliphatic carbocycles. The third kappa shape index (κ3) is 5.68. The Morgan fingerprint density at radius 3 is 2.33 bits per heavy atom. The van der Waals surface area contributed by atoms with Crippen LogP contribution in [-0.4, -0.2) is 57.8 Å². The average molecular weight is 628 g/mol. The second-order valence-electron chi connectivity index (χ2n) is 11.8. The number of carbonyl (C=O) groups is 1. The van der Waals surface area contributed by atoms with E-state index in [0.717, 1.165) is 49.2 Å². The quantitative estimate of drug-likeness (QED) is 0.186. The van der Waals surface area contributed by atoms with Gasteiger partial charge in [0.1, 0.15) is 34.3 Å². The summed E-state index contributed by atoms with van der Waals surface area (Å²) in [5.74, 6) is -0.547. The SMILES string of the molecule is COc1ccc(Cn2cc3nc(-c4c(F)cccc4F)nc(Nc4ccc(C(C)(C)C(=O)N5CCCC5)cc4)c3c2O)c(OC)c1. The molecule has 0 unspecified atom stereocenters. The molecule has 11 heteroatoms. The molecule has 9 nitrogen and oxygen atoms in total. The number of carbonyl (C=O) groups excluding carboxylic acids is 1. The van der Waals surface area contributed by atoms with E-state index in [2.05, 4.69) is 15.3 Å². The number of rotatable bonds is 9. The Labute approximate surface area is 265 Å². The molecule has 1 amide bonds. The second-order valence-corrected chi connectivity index (χ2v) is 11.8. The Kier molecular flexibility index (Phi) is 8.24. The Balaban J connectivity index is 1.40. The number of anilines is 2. The van der Waals surface area contributed by atoms with Crippen LogP contribution in [0.3, 0.4) is 0 Å². The number of ether oxygens (including phenoxy) is 2. The number of benzene rings is 3. The number of hydrogen-bond donors (Lipinski definition) is 2. The van der Waals surface area contributed by atoms with Crippen molar-refractivity contribution in [2.24, 2.45) is 0 Å². The van der Waals surface area contributed by atoms with Crippen LogP contribution in [-0.2, 0) is 16.8 Å². The van der Waals surface area contributed by atoms with Gasteiger partial charge in [-0.25, -0.2) is 18.7 Å². The summed E-state index contributed by atoms with van der Waals surface area (Å²) in [4.78, 5) is 24.1. The van der Waals surface area contributed by atoms with Crippen molar-refractivity contribution in [1.29, 1.82) is 0 Å². The third-order valence-electron chi connectivity index (χ3n) is 8.53. The van der Waals surface area contributed by atoms with E-state index in [1.165, 1.54) is 6.07 Å². The number of fused-ring (bicyclic) bond motifs is 1. The predicted molar refractivity (Wildman–Crippen MR) is 172 cm³/mol. The van der Waals surface area contributed by atoms with Crippen LogP contribution in [0.15, 0.2) is 66.9 Å². The molecule has 1 aliphatic rings. The standard InChI is InChI=1S/C35H35F2N5O4/c1-35(2,34(44)41-16-5-6-17-41)22-11-13-23(14-12-22)38-32-30-27(39-31(40-32)29-25(36)8-7-9-26(29)37)20-42(33(30)43)19-21-10-15-24(45-3)18-28(21)46-4/h7-15,18,20,43H,5-6,16-17,19H2,1-4H3,(H,38,39,40). The molecule has 2 N–H and O–H groups in total. The lowest BCUT2D eigenvalue weighted by Gasteiger charge is -2.29. The highest BCUT2D eigenvalue weighted by molar-refractivity contribution is 5.97. The van der Waals surface area contributed by atoms with Crippen LogP contribution in [0.25, 0.3) is 22.3 Å². The number of hydrogen-bond acceptors (Lipinski definition) is 7. The van der Waals surface area contributed by atoms with Crippen LogP contribution < -0.4 is 14.8 Å². The van der Waals surface area contributed by atoms with Crippen molar-refractivity contribution in [1.82, 2.24) is 19.4 Å². The van der Waals surface area contributed by atoms with E-state index in [-0.39, 0.29) is 46.4 Å². The zero-order valence-corrected chi connectivity index (χ0v) is 26.1. The first-order chi connectivity index (χ1) is 22.1. The Morgan fingerprint density at radius 2 is 1.67 bits per heavy atom. The van der Waals surface area contributed by atoms with Crippen LogP contribution in [0.4, 0.5) is 20.3 Å². The topological polar surface area (TPSA) is 102 Å². The lowest BCUT2D eigenvalue weighted by Crippen LogP contribution is -2.41. The van der Waals surface area contributed by atoms with Crippen molar-refractivity contribution < 1.29 is 28.2 Å². The molecule has 5 aromatic rings. The van der Waals surface area contributed by atoms with E-state index in [1.54, 1.807) is 37.1 Å². The van der Waals surface area contributed by atoms with Gasteiger partial charge in [0.15, 0.2) is 5.82 Å². The van der Waals surface area contributed by atoms with E-state index in [0.29, 0.717) is 17.2 Å². The zero-order valence-electron chi connectivity index (χ0n) is 26.1. The molecule has 0 atom stereocenters. The van der Waals surface area contributed by atoms with Gasteiger partial charge in [0.25, 0.3) is 0 Å². The Morgan fingerprint density at radius 1 is 0.978 bits per heavy atom. The van der Waals surface area contributed by atoms with Gasteiger partial charge in [0.05, 0.1) is 37.3 Å². The van der Waals surface area contributed by atoms with E-state index in [9.17, 15) is 18.7 Å². The number of amides is 1. The molecule has 1 aliphatic heterocycles. The highest BCUT2D eigenvalue weighted by Gasteiger charge is 2.34. The molecule has 0 radical (unpaired) electrons. The fourth-order valence-electron chi connectivity index (χ4n) is 5.89. The van der Waals surface area contributed by atoms with Crippen LogP contribution >= 0.6 is 0 Å². The monoisotopic (exact) mass is 627 g/mol. The minimum atomic E-state index is -0.814. The van der Waals surface area contributed by atoms with Crippen LogP contribution in [0.2, 0.25) is 0 Å². The van der Waals surface area contributed by atoms with E-state index in [1.807, 2.05) is 49.1 Å². The first-order valence-electron chi connectivity index (χ1n) is 15.0. The maximum absolute atomic E-state index is 14.9. The van der Waals surface area contributed by atoms with Gasteiger partial charge in [-0.1, -0.05) is 18.2 Å². The molecule has 2 aromatic heterocycles. The van der Waals surface area contributed by atoms with Crippen LogP contribution in [0.1, 0.15) is 37.8 Å². The molecular weight excluding hydrogens is 592 g/mol. The summed E-state index contributed by atoms with van der Waals surface area (Å²) in [7, 11) is 3.10. The molecule has 238 valence electrons. The highest BCUT2D eigenvalue weighted by atomic mass is 19.1. The van der Waals surface area contributed by atoms with Gasteiger partial charge in [-0.05, 0) is 68.7 Å². The number of nitrogens with one attached hydrogen (secondary N) is 1. The van der Waals surface area contributed by atoms with E-state index in [4.69, 9.17) is 9.47 Å². The lowest BCUT2D eigenvalue weighted by atomic mass is 9.83. The molecule has 0 bridgehead atoms. The van der Waals surface area contributed by atoms with E-state index < -0.39 is 17.0 Å². The number of methoxy groups -OCH3 is 2. The van der Waals surface area contributed by atoms with Gasteiger partial charge >= 0.3 is 0 Å². The lowest BCUT2D eigenvalue weighted by molar-refractivity contribution is -0.135. The summed E-state index contributed by atoms with van der Waals surface area (Å²) in [5.41, 5.74) is 1.36. The van der Waals surface area contributed by atoms with Crippen LogP contribution in [0, 0.1) is 11.6 Å². The summed E-state index contributed by atoms with van der Waals surface area (Å²) < 4.78 is 42.2. The molecule has 0 saturated carbocycles. The molecule has 3 aromatic carbocycles. The number of likely N-dealkylation sites (tertiary alicyclic amines) is 1. The third-order valence-corrected chi connectivity index (χ3v) is 8.53. The summed E-state index contributed by atoms with van der Waals surface area (Å²) in [6.45, 7) is 5.57. The van der Waals surface area contributed by atoms with Gasteiger partial charge in [-0.2, -0.15) is 0 Å². The Hall–Kier alpha value is -5.19. The average Bonchev–Trinajstić information content (AvgIpc) is 3.69. The summed E-state index contributed by atoms with van der Waals surface area (Å²) in [6.07, 6.45) is 3.62.